The minimum absolute atomic E-state index is 0.443. The van der Waals surface area contributed by atoms with Gasteiger partial charge in [0, 0.05) is 24.2 Å². The Morgan fingerprint density at radius 3 is 2.67 bits per heavy atom. The summed E-state index contributed by atoms with van der Waals surface area (Å²) in [5.41, 5.74) is 1.24. The minimum Gasteiger partial charge on any atom is -0.496 e. The molecular formula is C17H28BrNO2. The van der Waals surface area contributed by atoms with E-state index in [-0.39, 0.29) is 0 Å². The lowest BCUT2D eigenvalue weighted by molar-refractivity contribution is 0.149. The van der Waals surface area contributed by atoms with Crippen molar-refractivity contribution < 1.29 is 9.47 Å². The van der Waals surface area contributed by atoms with Crippen LogP contribution in [-0.4, -0.2) is 33.4 Å². The quantitative estimate of drug-likeness (QED) is 0.685. The highest BCUT2D eigenvalue weighted by Crippen LogP contribution is 2.25. The molecule has 0 radical (unpaired) electrons. The second-order valence-electron chi connectivity index (χ2n) is 5.61. The summed E-state index contributed by atoms with van der Waals surface area (Å²) >= 11 is 3.55. The molecule has 0 spiro atoms. The first-order valence-corrected chi connectivity index (χ1v) is 8.44. The second kappa shape index (κ2) is 10.2. The Hall–Kier alpha value is -0.580. The fourth-order valence-corrected chi connectivity index (χ4v) is 3.01. The summed E-state index contributed by atoms with van der Waals surface area (Å²) in [7, 11) is 3.50. The Morgan fingerprint density at radius 2 is 2.05 bits per heavy atom. The Kier molecular flexibility index (Phi) is 8.97. The average molecular weight is 358 g/mol. The lowest BCUT2D eigenvalue weighted by atomic mass is 9.96. The second-order valence-corrected chi connectivity index (χ2v) is 6.52. The van der Waals surface area contributed by atoms with Crippen LogP contribution >= 0.6 is 15.9 Å². The first kappa shape index (κ1) is 18.5. The van der Waals surface area contributed by atoms with Crippen LogP contribution in [0, 0.1) is 5.92 Å². The molecular weight excluding hydrogens is 330 g/mol. The number of rotatable bonds is 10. The predicted octanol–water partition coefficient (Wildman–Crippen LogP) is 4.04. The highest BCUT2D eigenvalue weighted by molar-refractivity contribution is 9.10. The molecule has 0 aromatic heterocycles. The number of nitrogens with one attached hydrogen (secondary N) is 1. The van der Waals surface area contributed by atoms with Crippen LogP contribution in [-0.2, 0) is 11.2 Å². The van der Waals surface area contributed by atoms with E-state index in [2.05, 4.69) is 41.2 Å². The molecule has 0 fully saturated rings. The Balaban J connectivity index is 2.77. The molecule has 1 aromatic rings. The number of ether oxygens (including phenoxy) is 2. The lowest BCUT2D eigenvalue weighted by Gasteiger charge is -2.23. The van der Waals surface area contributed by atoms with E-state index in [0.717, 1.165) is 42.6 Å². The molecule has 2 unspecified atom stereocenters. The number of benzene rings is 1. The van der Waals surface area contributed by atoms with E-state index in [1.807, 2.05) is 12.1 Å². The van der Waals surface area contributed by atoms with E-state index in [1.54, 1.807) is 14.2 Å². The van der Waals surface area contributed by atoms with Gasteiger partial charge in [0.2, 0.25) is 0 Å². The van der Waals surface area contributed by atoms with Gasteiger partial charge in [-0.3, -0.25) is 0 Å². The summed E-state index contributed by atoms with van der Waals surface area (Å²) in [6.07, 6.45) is 3.21. The molecule has 1 aromatic carbocycles. The summed E-state index contributed by atoms with van der Waals surface area (Å²) in [5, 5.41) is 3.65. The van der Waals surface area contributed by atoms with Crippen LogP contribution in [0.1, 0.15) is 32.3 Å². The normalized spacial score (nSPS) is 14.0. The summed E-state index contributed by atoms with van der Waals surface area (Å²) in [6.45, 7) is 6.28. The zero-order chi connectivity index (χ0) is 15.7. The van der Waals surface area contributed by atoms with E-state index in [9.17, 15) is 0 Å². The van der Waals surface area contributed by atoms with Gasteiger partial charge in [0.15, 0.2) is 0 Å². The Morgan fingerprint density at radius 1 is 1.29 bits per heavy atom. The van der Waals surface area contributed by atoms with Crippen molar-refractivity contribution in [3.8, 4) is 5.75 Å². The van der Waals surface area contributed by atoms with Crippen molar-refractivity contribution in [1.29, 1.82) is 0 Å². The molecule has 0 amide bonds. The van der Waals surface area contributed by atoms with E-state index in [0.29, 0.717) is 12.0 Å². The van der Waals surface area contributed by atoms with Gasteiger partial charge in [0.1, 0.15) is 5.75 Å². The molecule has 0 aliphatic carbocycles. The molecule has 4 heteroatoms. The molecule has 0 bridgehead atoms. The maximum absolute atomic E-state index is 5.48. The zero-order valence-electron chi connectivity index (χ0n) is 13.6. The molecule has 0 aliphatic heterocycles. The smallest absolute Gasteiger partial charge is 0.122 e. The molecule has 1 rings (SSSR count). The maximum Gasteiger partial charge on any atom is 0.122 e. The van der Waals surface area contributed by atoms with Gasteiger partial charge in [-0.2, -0.15) is 0 Å². The van der Waals surface area contributed by atoms with Gasteiger partial charge in [0.25, 0.3) is 0 Å². The topological polar surface area (TPSA) is 30.5 Å². The molecule has 2 atom stereocenters. The van der Waals surface area contributed by atoms with E-state index in [4.69, 9.17) is 9.47 Å². The highest BCUT2D eigenvalue weighted by Gasteiger charge is 2.16. The minimum atomic E-state index is 0.443. The fourth-order valence-electron chi connectivity index (χ4n) is 2.60. The van der Waals surface area contributed by atoms with Crippen LogP contribution in [0.15, 0.2) is 22.7 Å². The van der Waals surface area contributed by atoms with Gasteiger partial charge in [0.05, 0.1) is 7.11 Å². The van der Waals surface area contributed by atoms with Crippen LogP contribution in [0.3, 0.4) is 0 Å². The first-order valence-electron chi connectivity index (χ1n) is 7.65. The van der Waals surface area contributed by atoms with Crippen molar-refractivity contribution in [2.45, 2.75) is 39.2 Å². The van der Waals surface area contributed by atoms with Crippen LogP contribution < -0.4 is 10.1 Å². The molecule has 3 nitrogen and oxygen atoms in total. The van der Waals surface area contributed by atoms with Crippen LogP contribution in [0.2, 0.25) is 0 Å². The van der Waals surface area contributed by atoms with E-state index >= 15 is 0 Å². The molecule has 0 saturated carbocycles. The van der Waals surface area contributed by atoms with E-state index in [1.165, 1.54) is 5.56 Å². The van der Waals surface area contributed by atoms with Crippen molar-refractivity contribution in [2.24, 2.45) is 5.92 Å². The van der Waals surface area contributed by atoms with Crippen LogP contribution in [0.25, 0.3) is 0 Å². The molecule has 1 N–H and O–H groups in total. The molecule has 0 aliphatic rings. The number of hydrogen-bond acceptors (Lipinski definition) is 3. The third kappa shape index (κ3) is 6.81. The number of hydrogen-bond donors (Lipinski definition) is 1. The third-order valence-corrected chi connectivity index (χ3v) is 4.02. The van der Waals surface area contributed by atoms with Gasteiger partial charge in [-0.05, 0) is 55.5 Å². The first-order chi connectivity index (χ1) is 10.1. The molecule has 21 heavy (non-hydrogen) atoms. The Labute approximate surface area is 137 Å². The molecule has 0 saturated heterocycles. The van der Waals surface area contributed by atoms with Gasteiger partial charge in [-0.25, -0.2) is 0 Å². The summed E-state index contributed by atoms with van der Waals surface area (Å²) in [5.74, 6) is 1.50. The monoisotopic (exact) mass is 357 g/mol. The summed E-state index contributed by atoms with van der Waals surface area (Å²) in [6, 6.07) is 6.64. The summed E-state index contributed by atoms with van der Waals surface area (Å²) < 4.78 is 11.8. The van der Waals surface area contributed by atoms with Crippen LogP contribution in [0.5, 0.6) is 5.75 Å². The highest BCUT2D eigenvalue weighted by atomic mass is 79.9. The van der Waals surface area contributed by atoms with Gasteiger partial charge in [-0.15, -0.1) is 0 Å². The van der Waals surface area contributed by atoms with Gasteiger partial charge in [-0.1, -0.05) is 29.8 Å². The number of methoxy groups -OCH3 is 2. The van der Waals surface area contributed by atoms with Crippen molar-refractivity contribution in [3.05, 3.63) is 28.2 Å². The zero-order valence-corrected chi connectivity index (χ0v) is 15.2. The van der Waals surface area contributed by atoms with Crippen molar-refractivity contribution in [2.75, 3.05) is 27.4 Å². The molecule has 0 heterocycles. The van der Waals surface area contributed by atoms with E-state index < -0.39 is 0 Å². The molecule has 120 valence electrons. The fraction of sp³-hybridized carbons (Fsp3) is 0.647. The standard InChI is InChI=1S/C17H28BrNO2/c1-5-8-19-16(9-13(2)12-20-3)11-14-10-15(18)6-7-17(14)21-4/h6-7,10,13,16,19H,5,8-9,11-12H2,1-4H3. The van der Waals surface area contributed by atoms with Crippen molar-refractivity contribution >= 4 is 15.9 Å². The third-order valence-electron chi connectivity index (χ3n) is 3.53. The average Bonchev–Trinajstić information content (AvgIpc) is 2.45. The Bertz CT molecular complexity index is 412. The largest absolute Gasteiger partial charge is 0.496 e. The van der Waals surface area contributed by atoms with Gasteiger partial charge >= 0.3 is 0 Å². The SMILES string of the molecule is CCCNC(Cc1cc(Br)ccc1OC)CC(C)COC. The van der Waals surface area contributed by atoms with Gasteiger partial charge < -0.3 is 14.8 Å². The summed E-state index contributed by atoms with van der Waals surface area (Å²) in [4.78, 5) is 0. The van der Waals surface area contributed by atoms with Crippen molar-refractivity contribution in [1.82, 2.24) is 5.32 Å². The predicted molar refractivity (Wildman–Crippen MR) is 92.1 cm³/mol. The van der Waals surface area contributed by atoms with Crippen molar-refractivity contribution in [3.63, 3.8) is 0 Å². The lowest BCUT2D eigenvalue weighted by Crippen LogP contribution is -2.34. The maximum atomic E-state index is 5.48. The number of halogens is 1. The van der Waals surface area contributed by atoms with Crippen LogP contribution in [0.4, 0.5) is 0 Å².